The average molecular weight is 593 g/mol. The van der Waals surface area contributed by atoms with Gasteiger partial charge in [0.2, 0.25) is 17.5 Å². The number of hydrogen-bond donors (Lipinski definition) is 0. The summed E-state index contributed by atoms with van der Waals surface area (Å²) in [6.45, 7) is 4.46. The normalized spacial score (nSPS) is 15.0. The Labute approximate surface area is 242 Å². The molecule has 0 bridgehead atoms. The maximum Gasteiger partial charge on any atom is 0.201 e. The lowest BCUT2D eigenvalue weighted by Gasteiger charge is -2.23. The third-order valence-electron chi connectivity index (χ3n) is 7.28. The zero-order valence-electron chi connectivity index (χ0n) is 23.7. The van der Waals surface area contributed by atoms with Crippen molar-refractivity contribution in [3.63, 3.8) is 0 Å². The molecule has 0 fully saturated rings. The van der Waals surface area contributed by atoms with Gasteiger partial charge in [0.15, 0.2) is 34.7 Å². The lowest BCUT2D eigenvalue weighted by atomic mass is 9.87. The molecule has 0 aliphatic heterocycles. The van der Waals surface area contributed by atoms with Crippen LogP contribution in [0.5, 0.6) is 17.2 Å². The first-order chi connectivity index (χ1) is 20.3. The average Bonchev–Trinajstić information content (AvgIpc) is 2.99. The first kappa shape index (κ1) is 31.3. The maximum atomic E-state index is 14.9. The van der Waals surface area contributed by atoms with E-state index in [4.69, 9.17) is 14.2 Å². The molecular weight excluding hydrogens is 558 g/mol. The van der Waals surface area contributed by atoms with Crippen molar-refractivity contribution >= 4 is 5.57 Å². The molecule has 42 heavy (non-hydrogen) atoms. The Balaban J connectivity index is 1.40. The van der Waals surface area contributed by atoms with Crippen LogP contribution in [0.3, 0.4) is 0 Å². The number of ether oxygens (including phenoxy) is 3. The van der Waals surface area contributed by atoms with Gasteiger partial charge in [-0.25, -0.2) is 13.2 Å². The van der Waals surface area contributed by atoms with Crippen LogP contribution >= 0.6 is 0 Å². The third-order valence-corrected chi connectivity index (χ3v) is 7.28. The number of halogens is 6. The first-order valence-corrected chi connectivity index (χ1v) is 14.3. The van der Waals surface area contributed by atoms with Crippen molar-refractivity contribution in [1.29, 1.82) is 0 Å². The molecule has 0 saturated carbocycles. The molecule has 1 aliphatic carbocycles. The second kappa shape index (κ2) is 14.5. The molecule has 3 aromatic carbocycles. The SMILES string of the molecule is CCCCOc1ccc(C2=CCC(COc3ccc(-c4ccc(OCCCC)c(F)c4F)c(F)c3F)CC2)c(F)c1F. The van der Waals surface area contributed by atoms with Crippen molar-refractivity contribution in [2.24, 2.45) is 5.92 Å². The van der Waals surface area contributed by atoms with Gasteiger partial charge in [-0.2, -0.15) is 13.2 Å². The highest BCUT2D eigenvalue weighted by molar-refractivity contribution is 5.68. The Bertz CT molecular complexity index is 1420. The van der Waals surface area contributed by atoms with E-state index in [1.807, 2.05) is 13.8 Å². The van der Waals surface area contributed by atoms with Gasteiger partial charge >= 0.3 is 0 Å². The molecule has 0 heterocycles. The van der Waals surface area contributed by atoms with Gasteiger partial charge in [0, 0.05) is 16.7 Å². The van der Waals surface area contributed by atoms with Crippen molar-refractivity contribution in [2.45, 2.75) is 58.8 Å². The number of rotatable bonds is 13. The second-order valence-corrected chi connectivity index (χ2v) is 10.3. The van der Waals surface area contributed by atoms with Gasteiger partial charge in [0.05, 0.1) is 19.8 Å². The van der Waals surface area contributed by atoms with Gasteiger partial charge in [0.1, 0.15) is 0 Å². The molecule has 0 radical (unpaired) electrons. The highest BCUT2D eigenvalue weighted by atomic mass is 19.2. The molecular formula is C33H34F6O3. The van der Waals surface area contributed by atoms with Crippen molar-refractivity contribution in [3.05, 3.63) is 82.9 Å². The van der Waals surface area contributed by atoms with Crippen LogP contribution in [-0.4, -0.2) is 19.8 Å². The topological polar surface area (TPSA) is 27.7 Å². The van der Waals surface area contributed by atoms with Gasteiger partial charge in [-0.05, 0) is 80.0 Å². The standard InChI is InChI=1S/C33H34F6O3/c1-3-5-17-40-25-14-11-22(28(34)31(25)37)21-9-7-20(8-10-21)19-42-27-16-13-24(30(36)33(27)39)23-12-15-26(32(38)29(23)35)41-18-6-4-2/h9,11-16,20H,3-8,10,17-19H2,1-2H3. The third kappa shape index (κ3) is 7.05. The van der Waals surface area contributed by atoms with Crippen molar-refractivity contribution < 1.29 is 40.6 Å². The molecule has 0 saturated heterocycles. The van der Waals surface area contributed by atoms with E-state index in [0.29, 0.717) is 37.9 Å². The lowest BCUT2D eigenvalue weighted by Crippen LogP contribution is -2.16. The summed E-state index contributed by atoms with van der Waals surface area (Å²) in [4.78, 5) is 0. The van der Waals surface area contributed by atoms with E-state index in [1.165, 1.54) is 24.3 Å². The van der Waals surface area contributed by atoms with Crippen LogP contribution in [0.15, 0.2) is 42.5 Å². The Hall–Kier alpha value is -3.62. The van der Waals surface area contributed by atoms with Crippen molar-refractivity contribution in [1.82, 2.24) is 0 Å². The summed E-state index contributed by atoms with van der Waals surface area (Å²) in [6.07, 6.45) is 6.33. The van der Waals surface area contributed by atoms with Gasteiger partial charge in [-0.1, -0.05) is 32.8 Å². The summed E-state index contributed by atoms with van der Waals surface area (Å²) in [5.74, 6) is -8.12. The number of benzene rings is 3. The van der Waals surface area contributed by atoms with Gasteiger partial charge in [-0.15, -0.1) is 0 Å². The Kier molecular flexibility index (Phi) is 10.8. The predicted octanol–water partition coefficient (Wildman–Crippen LogP) is 9.81. The van der Waals surface area contributed by atoms with Crippen LogP contribution in [0.25, 0.3) is 16.7 Å². The van der Waals surface area contributed by atoms with E-state index >= 15 is 0 Å². The molecule has 4 rings (SSSR count). The van der Waals surface area contributed by atoms with E-state index in [-0.39, 0.29) is 41.9 Å². The molecule has 3 aromatic rings. The van der Waals surface area contributed by atoms with Crippen molar-refractivity contribution in [3.8, 4) is 28.4 Å². The smallest absolute Gasteiger partial charge is 0.201 e. The summed E-state index contributed by atoms with van der Waals surface area (Å²) in [5, 5.41) is 0. The van der Waals surface area contributed by atoms with Crippen LogP contribution < -0.4 is 14.2 Å². The largest absolute Gasteiger partial charge is 0.490 e. The van der Waals surface area contributed by atoms with Crippen LogP contribution in [0, 0.1) is 40.8 Å². The van der Waals surface area contributed by atoms with E-state index < -0.39 is 46.0 Å². The van der Waals surface area contributed by atoms with Gasteiger partial charge < -0.3 is 14.2 Å². The minimum atomic E-state index is -1.36. The molecule has 1 aliphatic rings. The molecule has 3 nitrogen and oxygen atoms in total. The molecule has 0 aromatic heterocycles. The molecule has 0 N–H and O–H groups in total. The van der Waals surface area contributed by atoms with Crippen molar-refractivity contribution in [2.75, 3.05) is 19.8 Å². The molecule has 1 atom stereocenters. The fourth-order valence-electron chi connectivity index (χ4n) is 4.74. The minimum absolute atomic E-state index is 0.0489. The quantitative estimate of drug-likeness (QED) is 0.146. The van der Waals surface area contributed by atoms with E-state index in [0.717, 1.165) is 31.4 Å². The molecule has 1 unspecified atom stereocenters. The summed E-state index contributed by atoms with van der Waals surface area (Å²) in [7, 11) is 0. The summed E-state index contributed by atoms with van der Waals surface area (Å²) < 4.78 is 104. The molecule has 0 spiro atoms. The van der Waals surface area contributed by atoms with Crippen LogP contribution in [0.2, 0.25) is 0 Å². The highest BCUT2D eigenvalue weighted by Crippen LogP contribution is 2.37. The second-order valence-electron chi connectivity index (χ2n) is 10.3. The zero-order valence-corrected chi connectivity index (χ0v) is 23.7. The van der Waals surface area contributed by atoms with Gasteiger partial charge in [-0.3, -0.25) is 0 Å². The number of hydrogen-bond acceptors (Lipinski definition) is 3. The van der Waals surface area contributed by atoms with Crippen LogP contribution in [-0.2, 0) is 0 Å². The zero-order chi connectivity index (χ0) is 30.2. The number of allylic oxidation sites excluding steroid dienone is 2. The van der Waals surface area contributed by atoms with Gasteiger partial charge in [0.25, 0.3) is 0 Å². The van der Waals surface area contributed by atoms with E-state index in [9.17, 15) is 26.3 Å². The predicted molar refractivity (Wildman–Crippen MR) is 150 cm³/mol. The highest BCUT2D eigenvalue weighted by Gasteiger charge is 2.24. The lowest BCUT2D eigenvalue weighted by molar-refractivity contribution is 0.228. The van der Waals surface area contributed by atoms with Crippen LogP contribution in [0.1, 0.15) is 64.4 Å². The van der Waals surface area contributed by atoms with E-state index in [1.54, 1.807) is 6.08 Å². The summed E-state index contributed by atoms with van der Waals surface area (Å²) >= 11 is 0. The Morgan fingerprint density at radius 3 is 1.50 bits per heavy atom. The number of unbranched alkanes of at least 4 members (excludes halogenated alkanes) is 2. The summed E-state index contributed by atoms with van der Waals surface area (Å²) in [5.41, 5.74) is -0.0619. The van der Waals surface area contributed by atoms with Crippen LogP contribution in [0.4, 0.5) is 26.3 Å². The summed E-state index contributed by atoms with van der Waals surface area (Å²) in [6, 6.07) is 7.57. The first-order valence-electron chi connectivity index (χ1n) is 14.3. The van der Waals surface area contributed by atoms with E-state index in [2.05, 4.69) is 0 Å². The monoisotopic (exact) mass is 592 g/mol. The Morgan fingerprint density at radius 2 is 1.05 bits per heavy atom. The molecule has 9 heteroatoms. The fraction of sp³-hybridized carbons (Fsp3) is 0.394. The maximum absolute atomic E-state index is 14.9. The Morgan fingerprint density at radius 1 is 0.595 bits per heavy atom. The fourth-order valence-corrected chi connectivity index (χ4v) is 4.74. The molecule has 0 amide bonds. The minimum Gasteiger partial charge on any atom is -0.490 e. The molecule has 226 valence electrons.